The van der Waals surface area contributed by atoms with Crippen LogP contribution in [0.4, 0.5) is 5.82 Å². The Morgan fingerprint density at radius 2 is 2.10 bits per heavy atom. The van der Waals surface area contributed by atoms with Gasteiger partial charge in [0.25, 0.3) is 0 Å². The number of likely N-dealkylation sites (N-methyl/N-ethyl adjacent to an activating group) is 1. The molecule has 1 aromatic rings. The molecule has 0 saturated carbocycles. The maximum Gasteiger partial charge on any atom is 0.234 e. The minimum Gasteiger partial charge on any atom is -0.370 e. The molecular weight excluding hydrogens is 288 g/mol. The second kappa shape index (κ2) is 8.85. The molecule has 0 aromatic carbocycles. The van der Waals surface area contributed by atoms with Gasteiger partial charge in [0.1, 0.15) is 5.82 Å². The first-order valence-corrected chi connectivity index (χ1v) is 7.75. The van der Waals surface area contributed by atoms with Crippen LogP contribution < -0.4 is 10.6 Å². The van der Waals surface area contributed by atoms with Gasteiger partial charge in [-0.2, -0.15) is 0 Å². The zero-order valence-electron chi connectivity index (χ0n) is 13.2. The molecule has 1 rings (SSSR count). The molecule has 0 fully saturated rings. The molecule has 0 atom stereocenters. The van der Waals surface area contributed by atoms with Gasteiger partial charge >= 0.3 is 0 Å². The van der Waals surface area contributed by atoms with Crippen molar-refractivity contribution in [3.63, 3.8) is 0 Å². The van der Waals surface area contributed by atoms with E-state index in [4.69, 9.17) is 11.6 Å². The van der Waals surface area contributed by atoms with Crippen molar-refractivity contribution in [2.45, 2.75) is 40.3 Å². The van der Waals surface area contributed by atoms with Crippen molar-refractivity contribution in [3.05, 3.63) is 22.8 Å². The summed E-state index contributed by atoms with van der Waals surface area (Å²) >= 11 is 6.20. The van der Waals surface area contributed by atoms with E-state index in [9.17, 15) is 4.79 Å². The van der Waals surface area contributed by atoms with Crippen LogP contribution in [0, 0.1) is 0 Å². The van der Waals surface area contributed by atoms with Crippen molar-refractivity contribution in [2.75, 3.05) is 25.0 Å². The van der Waals surface area contributed by atoms with E-state index in [0.29, 0.717) is 18.1 Å². The summed E-state index contributed by atoms with van der Waals surface area (Å²) in [7, 11) is 0. The van der Waals surface area contributed by atoms with Crippen molar-refractivity contribution < 1.29 is 4.79 Å². The topological polar surface area (TPSA) is 57.3 Å². The molecule has 6 heteroatoms. The normalized spacial score (nSPS) is 11.0. The van der Waals surface area contributed by atoms with E-state index in [1.165, 1.54) is 0 Å². The molecule has 0 radical (unpaired) electrons. The van der Waals surface area contributed by atoms with E-state index in [2.05, 4.69) is 15.6 Å². The van der Waals surface area contributed by atoms with Gasteiger partial charge in [0.15, 0.2) is 0 Å². The summed E-state index contributed by atoms with van der Waals surface area (Å²) in [4.78, 5) is 18.4. The third-order valence-electron chi connectivity index (χ3n) is 2.91. The summed E-state index contributed by atoms with van der Waals surface area (Å²) < 4.78 is 0. The molecule has 118 valence electrons. The van der Waals surface area contributed by atoms with Crippen LogP contribution in [-0.4, -0.2) is 41.5 Å². The fourth-order valence-corrected chi connectivity index (χ4v) is 2.10. The molecule has 1 heterocycles. The van der Waals surface area contributed by atoms with Crippen LogP contribution in [0.5, 0.6) is 0 Å². The molecule has 21 heavy (non-hydrogen) atoms. The summed E-state index contributed by atoms with van der Waals surface area (Å²) in [5.41, 5.74) is 0.786. The zero-order valence-corrected chi connectivity index (χ0v) is 14.0. The Bertz CT molecular complexity index is 465. The highest BCUT2D eigenvalue weighted by Gasteiger charge is 2.13. The number of aromatic nitrogens is 1. The molecule has 0 unspecified atom stereocenters. The van der Waals surface area contributed by atoms with E-state index in [-0.39, 0.29) is 11.9 Å². The van der Waals surface area contributed by atoms with Crippen molar-refractivity contribution in [2.24, 2.45) is 0 Å². The molecule has 1 aromatic heterocycles. The maximum absolute atomic E-state index is 11.8. The summed E-state index contributed by atoms with van der Waals surface area (Å²) in [6, 6.07) is 3.84. The lowest BCUT2D eigenvalue weighted by Gasteiger charge is -2.21. The predicted octanol–water partition coefficient (Wildman–Crippen LogP) is 2.51. The standard InChI is InChI=1S/C15H25ClN4O/c1-5-17-14-8-7-12(16)13(19-14)9-20(6-2)10-15(21)18-11(3)4/h7-8,11H,5-6,9-10H2,1-4H3,(H,17,19)(H,18,21). The molecule has 2 N–H and O–H groups in total. The number of hydrogen-bond donors (Lipinski definition) is 2. The molecule has 0 bridgehead atoms. The van der Waals surface area contributed by atoms with E-state index >= 15 is 0 Å². The SMILES string of the molecule is CCNc1ccc(Cl)c(CN(CC)CC(=O)NC(C)C)n1. The molecule has 0 spiro atoms. The third kappa shape index (κ3) is 6.31. The van der Waals surface area contributed by atoms with Crippen molar-refractivity contribution in [3.8, 4) is 0 Å². The van der Waals surface area contributed by atoms with Crippen LogP contribution in [0.1, 0.15) is 33.4 Å². The fraction of sp³-hybridized carbons (Fsp3) is 0.600. The smallest absolute Gasteiger partial charge is 0.234 e. The van der Waals surface area contributed by atoms with Crippen LogP contribution in [-0.2, 0) is 11.3 Å². The Kier molecular flexibility index (Phi) is 7.47. The van der Waals surface area contributed by atoms with E-state index in [0.717, 1.165) is 24.6 Å². The zero-order chi connectivity index (χ0) is 15.8. The Morgan fingerprint density at radius 1 is 1.38 bits per heavy atom. The molecule has 0 saturated heterocycles. The van der Waals surface area contributed by atoms with Crippen LogP contribution in [0.25, 0.3) is 0 Å². The lowest BCUT2D eigenvalue weighted by molar-refractivity contribution is -0.122. The second-order valence-electron chi connectivity index (χ2n) is 5.18. The van der Waals surface area contributed by atoms with Crippen molar-refractivity contribution >= 4 is 23.3 Å². The number of nitrogens with one attached hydrogen (secondary N) is 2. The Labute approximate surface area is 132 Å². The summed E-state index contributed by atoms with van der Waals surface area (Å²) in [5, 5.41) is 6.68. The monoisotopic (exact) mass is 312 g/mol. The van der Waals surface area contributed by atoms with Crippen LogP contribution in [0.3, 0.4) is 0 Å². The molecular formula is C15H25ClN4O. The minimum atomic E-state index is 0.0193. The van der Waals surface area contributed by atoms with Crippen molar-refractivity contribution in [1.29, 1.82) is 0 Å². The molecule has 0 aliphatic rings. The van der Waals surface area contributed by atoms with E-state index in [1.54, 1.807) is 0 Å². The van der Waals surface area contributed by atoms with Gasteiger partial charge in [-0.15, -0.1) is 0 Å². The maximum atomic E-state index is 11.8. The highest BCUT2D eigenvalue weighted by atomic mass is 35.5. The molecule has 1 amide bonds. The molecule has 0 aliphatic carbocycles. The number of carbonyl (C=O) groups excluding carboxylic acids is 1. The third-order valence-corrected chi connectivity index (χ3v) is 3.26. The average molecular weight is 313 g/mol. The largest absolute Gasteiger partial charge is 0.370 e. The summed E-state index contributed by atoms with van der Waals surface area (Å²) in [5.74, 6) is 0.824. The summed E-state index contributed by atoms with van der Waals surface area (Å²) in [6.07, 6.45) is 0. The van der Waals surface area contributed by atoms with Gasteiger partial charge in [-0.3, -0.25) is 9.69 Å². The highest BCUT2D eigenvalue weighted by molar-refractivity contribution is 6.31. The number of halogens is 1. The quantitative estimate of drug-likeness (QED) is 0.774. The Morgan fingerprint density at radius 3 is 2.67 bits per heavy atom. The van der Waals surface area contributed by atoms with Gasteiger partial charge in [0.05, 0.1) is 17.3 Å². The summed E-state index contributed by atoms with van der Waals surface area (Å²) in [6.45, 7) is 10.4. The number of amides is 1. The first kappa shape index (κ1) is 17.7. The number of hydrogen-bond acceptors (Lipinski definition) is 4. The second-order valence-corrected chi connectivity index (χ2v) is 5.59. The lowest BCUT2D eigenvalue weighted by Crippen LogP contribution is -2.39. The Balaban J connectivity index is 2.72. The van der Waals surface area contributed by atoms with E-state index < -0.39 is 0 Å². The first-order valence-electron chi connectivity index (χ1n) is 7.37. The van der Waals surface area contributed by atoms with Gasteiger partial charge in [-0.05, 0) is 39.4 Å². The number of pyridine rings is 1. The number of nitrogens with zero attached hydrogens (tertiary/aromatic N) is 2. The first-order chi connectivity index (χ1) is 9.96. The minimum absolute atomic E-state index is 0.0193. The predicted molar refractivity (Wildman–Crippen MR) is 87.6 cm³/mol. The van der Waals surface area contributed by atoms with Gasteiger partial charge in [0, 0.05) is 19.1 Å². The van der Waals surface area contributed by atoms with Crippen molar-refractivity contribution in [1.82, 2.24) is 15.2 Å². The van der Waals surface area contributed by atoms with E-state index in [1.807, 2.05) is 44.7 Å². The molecule has 0 aliphatic heterocycles. The van der Waals surface area contributed by atoms with Gasteiger partial charge in [0.2, 0.25) is 5.91 Å². The van der Waals surface area contributed by atoms with Crippen LogP contribution in [0.15, 0.2) is 12.1 Å². The fourth-order valence-electron chi connectivity index (χ4n) is 1.94. The van der Waals surface area contributed by atoms with Gasteiger partial charge < -0.3 is 10.6 Å². The highest BCUT2D eigenvalue weighted by Crippen LogP contribution is 2.18. The van der Waals surface area contributed by atoms with Gasteiger partial charge in [-0.25, -0.2) is 4.98 Å². The van der Waals surface area contributed by atoms with Crippen LogP contribution >= 0.6 is 11.6 Å². The number of anilines is 1. The van der Waals surface area contributed by atoms with Gasteiger partial charge in [-0.1, -0.05) is 18.5 Å². The lowest BCUT2D eigenvalue weighted by atomic mass is 10.3. The average Bonchev–Trinajstić information content (AvgIpc) is 2.41. The molecule has 5 nitrogen and oxygen atoms in total. The van der Waals surface area contributed by atoms with Crippen LogP contribution in [0.2, 0.25) is 5.02 Å². The number of rotatable bonds is 8. The Hall–Kier alpha value is -1.33. The number of carbonyl (C=O) groups is 1.